The standard InChI is InChI=1S/C19H27N5O4S2/c1-19(2,3)21-16(25)9-10-20-18(26)13-6-5-11-24(12-13)30(27,28)15-8-4-7-14-17(15)23-29-22-14/h4,7-8,13H,5-6,9-12H2,1-3H3,(H,20,26)(H,21,25)/t13-/m0/s1. The first kappa shape index (κ1) is 22.6. The van der Waals surface area contributed by atoms with Gasteiger partial charge in [0.15, 0.2) is 0 Å². The van der Waals surface area contributed by atoms with Crippen molar-refractivity contribution in [2.75, 3.05) is 19.6 Å². The highest BCUT2D eigenvalue weighted by molar-refractivity contribution is 7.89. The molecule has 30 heavy (non-hydrogen) atoms. The van der Waals surface area contributed by atoms with Gasteiger partial charge in [0.25, 0.3) is 0 Å². The summed E-state index contributed by atoms with van der Waals surface area (Å²) in [5.74, 6) is -0.820. The average Bonchev–Trinajstić information content (AvgIpc) is 3.15. The minimum absolute atomic E-state index is 0.107. The number of hydrogen-bond acceptors (Lipinski definition) is 7. The van der Waals surface area contributed by atoms with Crippen LogP contribution in [-0.2, 0) is 19.6 Å². The lowest BCUT2D eigenvalue weighted by Crippen LogP contribution is -2.46. The lowest BCUT2D eigenvalue weighted by Gasteiger charge is -2.31. The molecule has 11 heteroatoms. The highest BCUT2D eigenvalue weighted by atomic mass is 32.2. The molecule has 1 atom stereocenters. The Kier molecular flexibility index (Phi) is 6.73. The Bertz CT molecular complexity index is 1030. The van der Waals surface area contributed by atoms with E-state index in [1.807, 2.05) is 20.8 Å². The minimum Gasteiger partial charge on any atom is -0.355 e. The maximum Gasteiger partial charge on any atom is 0.245 e. The first-order chi connectivity index (χ1) is 14.1. The Morgan fingerprint density at radius 2 is 2.03 bits per heavy atom. The monoisotopic (exact) mass is 453 g/mol. The molecule has 3 rings (SSSR count). The molecule has 1 fully saturated rings. The van der Waals surface area contributed by atoms with Crippen LogP contribution in [0.15, 0.2) is 23.1 Å². The normalized spacial score (nSPS) is 18.3. The van der Waals surface area contributed by atoms with Crippen molar-refractivity contribution in [3.8, 4) is 0 Å². The summed E-state index contributed by atoms with van der Waals surface area (Å²) >= 11 is 0.970. The highest BCUT2D eigenvalue weighted by Crippen LogP contribution is 2.28. The predicted octanol–water partition coefficient (Wildman–Crippen LogP) is 1.51. The van der Waals surface area contributed by atoms with Crippen LogP contribution < -0.4 is 10.6 Å². The number of nitrogens with zero attached hydrogens (tertiary/aromatic N) is 3. The third-order valence-corrected chi connectivity index (χ3v) is 7.23. The van der Waals surface area contributed by atoms with E-state index in [1.54, 1.807) is 12.1 Å². The molecule has 0 saturated carbocycles. The summed E-state index contributed by atoms with van der Waals surface area (Å²) in [4.78, 5) is 24.6. The quantitative estimate of drug-likeness (QED) is 0.684. The summed E-state index contributed by atoms with van der Waals surface area (Å²) < 4.78 is 35.9. The number of carbonyl (C=O) groups excluding carboxylic acids is 2. The topological polar surface area (TPSA) is 121 Å². The van der Waals surface area contributed by atoms with Gasteiger partial charge in [-0.1, -0.05) is 6.07 Å². The molecule has 1 aliphatic heterocycles. The van der Waals surface area contributed by atoms with E-state index in [0.717, 1.165) is 11.7 Å². The number of nitrogens with one attached hydrogen (secondary N) is 2. The van der Waals surface area contributed by atoms with Crippen molar-refractivity contribution in [2.24, 2.45) is 5.92 Å². The number of hydrogen-bond donors (Lipinski definition) is 2. The van der Waals surface area contributed by atoms with Gasteiger partial charge in [0.05, 0.1) is 17.6 Å². The molecule has 0 aliphatic carbocycles. The molecule has 1 aromatic heterocycles. The van der Waals surface area contributed by atoms with Gasteiger partial charge < -0.3 is 10.6 Å². The van der Waals surface area contributed by atoms with Crippen LogP contribution in [0.1, 0.15) is 40.0 Å². The predicted molar refractivity (Wildman–Crippen MR) is 114 cm³/mol. The second kappa shape index (κ2) is 8.94. The van der Waals surface area contributed by atoms with Crippen molar-refractivity contribution in [3.63, 3.8) is 0 Å². The fraction of sp³-hybridized carbons (Fsp3) is 0.579. The maximum atomic E-state index is 13.2. The van der Waals surface area contributed by atoms with Gasteiger partial charge in [0.1, 0.15) is 15.9 Å². The van der Waals surface area contributed by atoms with E-state index in [4.69, 9.17) is 0 Å². The van der Waals surface area contributed by atoms with Gasteiger partial charge >= 0.3 is 0 Å². The number of carbonyl (C=O) groups is 2. The Balaban J connectivity index is 1.61. The van der Waals surface area contributed by atoms with E-state index in [-0.39, 0.29) is 41.8 Å². The molecular weight excluding hydrogens is 426 g/mol. The molecule has 2 aromatic rings. The van der Waals surface area contributed by atoms with Crippen molar-refractivity contribution in [1.29, 1.82) is 0 Å². The summed E-state index contributed by atoms with van der Waals surface area (Å²) in [6.45, 7) is 6.35. The van der Waals surface area contributed by atoms with Crippen LogP contribution in [0.5, 0.6) is 0 Å². The van der Waals surface area contributed by atoms with Gasteiger partial charge in [-0.25, -0.2) is 8.42 Å². The zero-order valence-electron chi connectivity index (χ0n) is 17.3. The van der Waals surface area contributed by atoms with Gasteiger partial charge in [0, 0.05) is 31.6 Å². The lowest BCUT2D eigenvalue weighted by molar-refractivity contribution is -0.126. The van der Waals surface area contributed by atoms with Crippen LogP contribution in [0, 0.1) is 5.92 Å². The Labute approximate surface area is 180 Å². The third-order valence-electron chi connectivity index (χ3n) is 4.79. The molecular formula is C19H27N5O4S2. The van der Waals surface area contributed by atoms with E-state index in [2.05, 4.69) is 19.4 Å². The summed E-state index contributed by atoms with van der Waals surface area (Å²) in [6.07, 6.45) is 1.37. The van der Waals surface area contributed by atoms with E-state index >= 15 is 0 Å². The van der Waals surface area contributed by atoms with E-state index in [0.29, 0.717) is 30.4 Å². The average molecular weight is 454 g/mol. The summed E-state index contributed by atoms with van der Waals surface area (Å²) in [7, 11) is -3.79. The van der Waals surface area contributed by atoms with Crippen LogP contribution in [0.25, 0.3) is 11.0 Å². The number of amides is 2. The van der Waals surface area contributed by atoms with E-state index < -0.39 is 15.9 Å². The summed E-state index contributed by atoms with van der Waals surface area (Å²) in [5, 5.41) is 5.61. The van der Waals surface area contributed by atoms with Crippen molar-refractivity contribution in [3.05, 3.63) is 18.2 Å². The molecule has 1 saturated heterocycles. The fourth-order valence-electron chi connectivity index (χ4n) is 3.43. The van der Waals surface area contributed by atoms with Gasteiger partial charge in [-0.3, -0.25) is 9.59 Å². The number of sulfonamides is 1. The second-order valence-corrected chi connectivity index (χ2v) is 10.9. The van der Waals surface area contributed by atoms with Gasteiger partial charge in [-0.05, 0) is 45.7 Å². The minimum atomic E-state index is -3.79. The van der Waals surface area contributed by atoms with E-state index in [9.17, 15) is 18.0 Å². The molecule has 2 N–H and O–H groups in total. The molecule has 164 valence electrons. The second-order valence-electron chi connectivity index (χ2n) is 8.43. The number of benzene rings is 1. The number of aromatic nitrogens is 2. The molecule has 1 aliphatic rings. The third kappa shape index (κ3) is 5.32. The van der Waals surface area contributed by atoms with Crippen LogP contribution in [0.2, 0.25) is 0 Å². The van der Waals surface area contributed by atoms with Crippen LogP contribution in [-0.4, -0.2) is 58.5 Å². The van der Waals surface area contributed by atoms with Gasteiger partial charge in [0.2, 0.25) is 21.8 Å². The van der Waals surface area contributed by atoms with Crippen molar-refractivity contribution < 1.29 is 18.0 Å². The largest absolute Gasteiger partial charge is 0.355 e. The number of rotatable bonds is 6. The Morgan fingerprint density at radius 3 is 2.77 bits per heavy atom. The first-order valence-corrected chi connectivity index (χ1v) is 12.0. The fourth-order valence-corrected chi connectivity index (χ4v) is 5.70. The molecule has 0 spiro atoms. The van der Waals surface area contributed by atoms with Crippen LogP contribution >= 0.6 is 11.7 Å². The molecule has 0 radical (unpaired) electrons. The number of fused-ring (bicyclic) bond motifs is 1. The van der Waals surface area contributed by atoms with Crippen molar-refractivity contribution in [2.45, 2.75) is 50.5 Å². The van der Waals surface area contributed by atoms with Crippen LogP contribution in [0.3, 0.4) is 0 Å². The highest BCUT2D eigenvalue weighted by Gasteiger charge is 2.34. The van der Waals surface area contributed by atoms with Crippen LogP contribution in [0.4, 0.5) is 0 Å². The molecule has 0 unspecified atom stereocenters. The molecule has 2 heterocycles. The summed E-state index contributed by atoms with van der Waals surface area (Å²) in [6, 6.07) is 4.89. The van der Waals surface area contributed by atoms with E-state index in [1.165, 1.54) is 10.4 Å². The zero-order chi connectivity index (χ0) is 21.9. The SMILES string of the molecule is CC(C)(C)NC(=O)CCNC(=O)[C@H]1CCCN(S(=O)(=O)c2cccc3nsnc23)C1. The number of piperidine rings is 1. The first-order valence-electron chi connectivity index (χ1n) is 9.88. The Hall–Kier alpha value is -2.11. The van der Waals surface area contributed by atoms with Crippen molar-refractivity contribution in [1.82, 2.24) is 23.7 Å². The lowest BCUT2D eigenvalue weighted by atomic mass is 9.99. The van der Waals surface area contributed by atoms with Gasteiger partial charge in [-0.2, -0.15) is 13.1 Å². The maximum absolute atomic E-state index is 13.2. The zero-order valence-corrected chi connectivity index (χ0v) is 19.0. The van der Waals surface area contributed by atoms with Gasteiger partial charge in [-0.15, -0.1) is 0 Å². The smallest absolute Gasteiger partial charge is 0.245 e. The molecule has 2 amide bonds. The molecule has 9 nitrogen and oxygen atoms in total. The van der Waals surface area contributed by atoms with Crippen molar-refractivity contribution >= 4 is 44.6 Å². The molecule has 1 aromatic carbocycles. The molecule has 0 bridgehead atoms. The Morgan fingerprint density at radius 1 is 1.27 bits per heavy atom. The summed E-state index contributed by atoms with van der Waals surface area (Å²) in [5.41, 5.74) is 0.578.